The maximum atomic E-state index is 13.5. The third kappa shape index (κ3) is 3.41. The number of hydrogen-bond acceptors (Lipinski definition) is 4. The SMILES string of the molecule is Cc1ccc(-c2c3c(nc4sc(C(=O)c5ccc(F)cc5)c(C(C)C)c24)CCCC3)o1. The molecule has 0 spiro atoms. The molecule has 0 radical (unpaired) electrons. The summed E-state index contributed by atoms with van der Waals surface area (Å²) in [5.74, 6) is 1.43. The van der Waals surface area contributed by atoms with Crippen molar-refractivity contribution in [1.29, 1.82) is 0 Å². The lowest BCUT2D eigenvalue weighted by Gasteiger charge is -2.20. The van der Waals surface area contributed by atoms with Gasteiger partial charge >= 0.3 is 0 Å². The standard InChI is InChI=1S/C26H24FNO2S/c1-14(2)21-23-22(20-13-8-15(3)30-20)18-6-4-5-7-19(18)28-26(23)31-25(21)24(29)16-9-11-17(27)12-10-16/h8-14H,4-7H2,1-3H3. The summed E-state index contributed by atoms with van der Waals surface area (Å²) in [6.07, 6.45) is 4.19. The number of aryl methyl sites for hydroxylation is 2. The Labute approximate surface area is 184 Å². The van der Waals surface area contributed by atoms with Crippen molar-refractivity contribution >= 4 is 27.3 Å². The Morgan fingerprint density at radius 2 is 1.84 bits per heavy atom. The molecule has 158 valence electrons. The predicted molar refractivity (Wildman–Crippen MR) is 123 cm³/mol. The third-order valence-corrected chi connectivity index (χ3v) is 7.13. The van der Waals surface area contributed by atoms with E-state index in [1.54, 1.807) is 12.1 Å². The minimum atomic E-state index is -0.346. The molecule has 0 saturated heterocycles. The number of carbonyl (C=O) groups excluding carboxylic acids is 1. The van der Waals surface area contributed by atoms with Crippen LogP contribution in [0.25, 0.3) is 21.5 Å². The van der Waals surface area contributed by atoms with Crippen molar-refractivity contribution in [2.24, 2.45) is 0 Å². The second-order valence-corrected chi connectivity index (χ2v) is 9.54. The highest BCUT2D eigenvalue weighted by molar-refractivity contribution is 7.21. The monoisotopic (exact) mass is 433 g/mol. The van der Waals surface area contributed by atoms with Crippen LogP contribution in [-0.4, -0.2) is 10.8 Å². The number of ketones is 1. The maximum Gasteiger partial charge on any atom is 0.203 e. The lowest BCUT2D eigenvalue weighted by molar-refractivity contribution is 0.104. The summed E-state index contributed by atoms with van der Waals surface area (Å²) >= 11 is 1.45. The first-order valence-electron chi connectivity index (χ1n) is 10.8. The second-order valence-electron chi connectivity index (χ2n) is 8.55. The van der Waals surface area contributed by atoms with Gasteiger partial charge in [0.1, 0.15) is 22.2 Å². The van der Waals surface area contributed by atoms with Gasteiger partial charge in [0, 0.05) is 22.2 Å². The largest absolute Gasteiger partial charge is 0.461 e. The van der Waals surface area contributed by atoms with Crippen LogP contribution in [0.1, 0.15) is 70.4 Å². The number of fused-ring (bicyclic) bond motifs is 2. The molecule has 5 heteroatoms. The first-order chi connectivity index (χ1) is 14.9. The molecule has 0 bridgehead atoms. The molecule has 0 unspecified atom stereocenters. The normalized spacial score (nSPS) is 13.7. The molecule has 0 N–H and O–H groups in total. The van der Waals surface area contributed by atoms with E-state index in [0.29, 0.717) is 10.4 Å². The van der Waals surface area contributed by atoms with Crippen molar-refractivity contribution in [3.8, 4) is 11.3 Å². The van der Waals surface area contributed by atoms with Gasteiger partial charge in [-0.05, 0) is 86.1 Å². The Kier molecular flexibility index (Phi) is 5.01. The summed E-state index contributed by atoms with van der Waals surface area (Å²) in [6.45, 7) is 6.17. The number of halogens is 1. The molecular formula is C26H24FNO2S. The molecule has 0 fully saturated rings. The smallest absolute Gasteiger partial charge is 0.203 e. The Bertz CT molecular complexity index is 1300. The van der Waals surface area contributed by atoms with Crippen molar-refractivity contribution in [1.82, 2.24) is 4.98 Å². The molecule has 3 aromatic heterocycles. The quantitative estimate of drug-likeness (QED) is 0.319. The Morgan fingerprint density at radius 1 is 1.10 bits per heavy atom. The highest BCUT2D eigenvalue weighted by atomic mass is 32.1. The maximum absolute atomic E-state index is 13.5. The van der Waals surface area contributed by atoms with E-state index in [9.17, 15) is 9.18 Å². The lowest BCUT2D eigenvalue weighted by atomic mass is 9.86. The average molecular weight is 434 g/mol. The van der Waals surface area contributed by atoms with Gasteiger partial charge < -0.3 is 4.42 Å². The number of hydrogen-bond donors (Lipinski definition) is 0. The predicted octanol–water partition coefficient (Wildman–Crippen LogP) is 7.24. The highest BCUT2D eigenvalue weighted by Crippen LogP contribution is 2.45. The lowest BCUT2D eigenvalue weighted by Crippen LogP contribution is -2.08. The molecular weight excluding hydrogens is 409 g/mol. The summed E-state index contributed by atoms with van der Waals surface area (Å²) < 4.78 is 19.5. The number of furan rings is 1. The minimum absolute atomic E-state index is 0.0775. The zero-order chi connectivity index (χ0) is 21.7. The molecule has 31 heavy (non-hydrogen) atoms. The number of thiophene rings is 1. The summed E-state index contributed by atoms with van der Waals surface area (Å²) in [5.41, 5.74) is 4.99. The third-order valence-electron chi connectivity index (χ3n) is 6.03. The van der Waals surface area contributed by atoms with Gasteiger partial charge in [0.25, 0.3) is 0 Å². The van der Waals surface area contributed by atoms with Gasteiger partial charge in [-0.15, -0.1) is 11.3 Å². The van der Waals surface area contributed by atoms with Crippen molar-refractivity contribution in [2.45, 2.75) is 52.4 Å². The van der Waals surface area contributed by atoms with Gasteiger partial charge in [-0.3, -0.25) is 4.79 Å². The van der Waals surface area contributed by atoms with E-state index in [1.807, 2.05) is 19.1 Å². The van der Waals surface area contributed by atoms with Gasteiger partial charge in [0.15, 0.2) is 0 Å². The minimum Gasteiger partial charge on any atom is -0.461 e. The van der Waals surface area contributed by atoms with E-state index in [4.69, 9.17) is 9.40 Å². The highest BCUT2D eigenvalue weighted by Gasteiger charge is 2.29. The number of carbonyl (C=O) groups is 1. The van der Waals surface area contributed by atoms with E-state index >= 15 is 0 Å². The number of aromatic nitrogens is 1. The molecule has 3 heterocycles. The van der Waals surface area contributed by atoms with E-state index in [0.717, 1.165) is 64.2 Å². The number of rotatable bonds is 4. The number of benzene rings is 1. The van der Waals surface area contributed by atoms with Crippen LogP contribution in [-0.2, 0) is 12.8 Å². The van der Waals surface area contributed by atoms with Gasteiger partial charge in [-0.2, -0.15) is 0 Å². The summed E-state index contributed by atoms with van der Waals surface area (Å²) in [7, 11) is 0. The fraction of sp³-hybridized carbons (Fsp3) is 0.308. The van der Waals surface area contributed by atoms with Crippen LogP contribution in [0.5, 0.6) is 0 Å². The van der Waals surface area contributed by atoms with Crippen molar-refractivity contribution in [2.75, 3.05) is 0 Å². The van der Waals surface area contributed by atoms with E-state index < -0.39 is 0 Å². The summed E-state index contributed by atoms with van der Waals surface area (Å²) in [6, 6.07) is 9.81. The van der Waals surface area contributed by atoms with E-state index in [2.05, 4.69) is 13.8 Å². The fourth-order valence-electron chi connectivity index (χ4n) is 4.60. The van der Waals surface area contributed by atoms with Crippen LogP contribution in [0.4, 0.5) is 4.39 Å². The first-order valence-corrected chi connectivity index (χ1v) is 11.6. The zero-order valence-corrected chi connectivity index (χ0v) is 18.7. The van der Waals surface area contributed by atoms with Gasteiger partial charge in [0.05, 0.1) is 4.88 Å². The summed E-state index contributed by atoms with van der Waals surface area (Å²) in [4.78, 5) is 20.1. The van der Waals surface area contributed by atoms with Gasteiger partial charge in [-0.1, -0.05) is 13.8 Å². The van der Waals surface area contributed by atoms with Crippen LogP contribution in [0.15, 0.2) is 40.8 Å². The second kappa shape index (κ2) is 7.72. The Balaban J connectivity index is 1.82. The molecule has 4 aromatic rings. The Hall–Kier alpha value is -2.79. The fourth-order valence-corrected chi connectivity index (χ4v) is 5.92. The molecule has 5 rings (SSSR count). The van der Waals surface area contributed by atoms with Crippen LogP contribution in [0, 0.1) is 12.7 Å². The van der Waals surface area contributed by atoms with E-state index in [-0.39, 0.29) is 17.5 Å². The number of nitrogens with zero attached hydrogens (tertiary/aromatic N) is 1. The van der Waals surface area contributed by atoms with Crippen molar-refractivity contribution in [3.63, 3.8) is 0 Å². The zero-order valence-electron chi connectivity index (χ0n) is 17.9. The molecule has 0 atom stereocenters. The molecule has 1 aromatic carbocycles. The molecule has 0 amide bonds. The molecule has 1 aliphatic carbocycles. The van der Waals surface area contributed by atoms with Crippen LogP contribution < -0.4 is 0 Å². The molecule has 3 nitrogen and oxygen atoms in total. The van der Waals surface area contributed by atoms with Crippen LogP contribution in [0.2, 0.25) is 0 Å². The number of pyridine rings is 1. The van der Waals surface area contributed by atoms with Crippen molar-refractivity contribution < 1.29 is 13.6 Å². The molecule has 0 saturated carbocycles. The molecule has 0 aliphatic heterocycles. The van der Waals surface area contributed by atoms with E-state index in [1.165, 1.54) is 29.0 Å². The van der Waals surface area contributed by atoms with Gasteiger partial charge in [-0.25, -0.2) is 9.37 Å². The Morgan fingerprint density at radius 3 is 2.52 bits per heavy atom. The van der Waals surface area contributed by atoms with Crippen LogP contribution >= 0.6 is 11.3 Å². The van der Waals surface area contributed by atoms with Gasteiger partial charge in [0.2, 0.25) is 5.78 Å². The average Bonchev–Trinajstić information content (AvgIpc) is 3.35. The van der Waals surface area contributed by atoms with Crippen LogP contribution in [0.3, 0.4) is 0 Å². The summed E-state index contributed by atoms with van der Waals surface area (Å²) in [5, 5.41) is 1.04. The van der Waals surface area contributed by atoms with Crippen molar-refractivity contribution in [3.05, 3.63) is 75.2 Å². The first kappa shape index (κ1) is 20.1. The molecule has 1 aliphatic rings. The topological polar surface area (TPSA) is 43.1 Å².